The largest absolute Gasteiger partial charge is 0.506 e. The predicted molar refractivity (Wildman–Crippen MR) is 60.1 cm³/mol. The van der Waals surface area contributed by atoms with Crippen LogP contribution in [-0.4, -0.2) is 18.5 Å². The number of phenols is 1. The summed E-state index contributed by atoms with van der Waals surface area (Å²) >= 11 is 2.80. The van der Waals surface area contributed by atoms with E-state index in [0.717, 1.165) is 14.5 Å². The average Bonchev–Trinajstić information content (AvgIpc) is 2.28. The zero-order valence-electron chi connectivity index (χ0n) is 7.87. The van der Waals surface area contributed by atoms with Crippen LogP contribution in [0.15, 0.2) is 40.1 Å². The predicted octanol–water partition coefficient (Wildman–Crippen LogP) is 0.258. The lowest BCUT2D eigenvalue weighted by Gasteiger charge is -2.05. The van der Waals surface area contributed by atoms with Crippen molar-refractivity contribution in [3.05, 3.63) is 51.3 Å². The van der Waals surface area contributed by atoms with Gasteiger partial charge in [0.15, 0.2) is 0 Å². The van der Waals surface area contributed by atoms with Gasteiger partial charge in [-0.1, -0.05) is 12.1 Å². The number of nitrogens with zero attached hydrogens (tertiary/aromatic N) is 3. The van der Waals surface area contributed by atoms with Gasteiger partial charge >= 0.3 is 5.69 Å². The SMILES string of the molecule is O=c1cnn(-c2ccccc2O)c(=O)n1Br. The molecule has 0 amide bonds. The van der Waals surface area contributed by atoms with Crippen LogP contribution in [0.25, 0.3) is 5.69 Å². The molecule has 7 heteroatoms. The second kappa shape index (κ2) is 3.93. The summed E-state index contributed by atoms with van der Waals surface area (Å²) in [6.45, 7) is 0. The van der Waals surface area contributed by atoms with Crippen LogP contribution in [0, 0.1) is 0 Å². The topological polar surface area (TPSA) is 77.1 Å². The van der Waals surface area contributed by atoms with Crippen LogP contribution in [0.3, 0.4) is 0 Å². The van der Waals surface area contributed by atoms with Crippen LogP contribution in [-0.2, 0) is 0 Å². The molecule has 1 aromatic heterocycles. The minimum absolute atomic E-state index is 0.0942. The molecule has 0 saturated carbocycles. The van der Waals surface area contributed by atoms with Gasteiger partial charge in [-0.15, -0.1) is 0 Å². The molecule has 0 unspecified atom stereocenters. The summed E-state index contributed by atoms with van der Waals surface area (Å²) in [4.78, 5) is 22.7. The number of para-hydroxylation sites is 2. The summed E-state index contributed by atoms with van der Waals surface area (Å²) in [7, 11) is 0. The van der Waals surface area contributed by atoms with Crippen LogP contribution >= 0.6 is 16.1 Å². The van der Waals surface area contributed by atoms with E-state index in [1.165, 1.54) is 12.1 Å². The van der Waals surface area contributed by atoms with Crippen molar-refractivity contribution in [2.75, 3.05) is 0 Å². The second-order valence-electron chi connectivity index (χ2n) is 2.95. The molecule has 6 nitrogen and oxygen atoms in total. The molecular formula is C9H6BrN3O3. The molecule has 0 radical (unpaired) electrons. The fourth-order valence-corrected chi connectivity index (χ4v) is 1.43. The zero-order chi connectivity index (χ0) is 11.7. The molecular weight excluding hydrogens is 278 g/mol. The minimum Gasteiger partial charge on any atom is -0.506 e. The first kappa shape index (κ1) is 10.6. The fourth-order valence-electron chi connectivity index (χ4n) is 1.19. The van der Waals surface area contributed by atoms with Gasteiger partial charge < -0.3 is 5.11 Å². The molecule has 1 heterocycles. The molecule has 2 aromatic rings. The molecule has 0 atom stereocenters. The Kier molecular flexibility index (Phi) is 2.61. The van der Waals surface area contributed by atoms with Crippen molar-refractivity contribution in [1.82, 2.24) is 13.4 Å². The van der Waals surface area contributed by atoms with Gasteiger partial charge in [0.05, 0.1) is 16.1 Å². The van der Waals surface area contributed by atoms with Crippen molar-refractivity contribution in [2.24, 2.45) is 0 Å². The molecule has 0 aliphatic carbocycles. The van der Waals surface area contributed by atoms with E-state index in [0.29, 0.717) is 0 Å². The van der Waals surface area contributed by atoms with Gasteiger partial charge in [-0.2, -0.15) is 13.4 Å². The quantitative estimate of drug-likeness (QED) is 0.814. The number of aromatic hydroxyl groups is 1. The Morgan fingerprint density at radius 2 is 1.94 bits per heavy atom. The van der Waals surface area contributed by atoms with E-state index in [-0.39, 0.29) is 11.4 Å². The second-order valence-corrected chi connectivity index (χ2v) is 3.66. The van der Waals surface area contributed by atoms with E-state index in [4.69, 9.17) is 0 Å². The summed E-state index contributed by atoms with van der Waals surface area (Å²) in [6.07, 6.45) is 0.975. The number of aromatic nitrogens is 3. The van der Waals surface area contributed by atoms with E-state index in [9.17, 15) is 14.7 Å². The number of halogens is 1. The maximum absolute atomic E-state index is 11.6. The number of hydrogen-bond donors (Lipinski definition) is 1. The highest BCUT2D eigenvalue weighted by atomic mass is 79.9. The smallest absolute Gasteiger partial charge is 0.362 e. The van der Waals surface area contributed by atoms with E-state index >= 15 is 0 Å². The number of benzene rings is 1. The summed E-state index contributed by atoms with van der Waals surface area (Å²) in [5.74, 6) is -0.0942. The van der Waals surface area contributed by atoms with E-state index in [2.05, 4.69) is 21.2 Å². The Balaban J connectivity index is 2.77. The van der Waals surface area contributed by atoms with Crippen molar-refractivity contribution in [1.29, 1.82) is 0 Å². The van der Waals surface area contributed by atoms with Crippen LogP contribution in [0.2, 0.25) is 0 Å². The first-order valence-corrected chi connectivity index (χ1v) is 4.98. The van der Waals surface area contributed by atoms with Gasteiger partial charge in [0.2, 0.25) is 0 Å². The van der Waals surface area contributed by atoms with Crippen molar-refractivity contribution in [3.8, 4) is 11.4 Å². The number of phenolic OH excluding ortho intramolecular Hbond substituents is 1. The highest BCUT2D eigenvalue weighted by Gasteiger charge is 2.08. The van der Waals surface area contributed by atoms with E-state index < -0.39 is 11.2 Å². The van der Waals surface area contributed by atoms with Crippen LogP contribution in [0.1, 0.15) is 0 Å². The van der Waals surface area contributed by atoms with Gasteiger partial charge in [-0.05, 0) is 12.1 Å². The Morgan fingerprint density at radius 3 is 2.62 bits per heavy atom. The Hall–Kier alpha value is -1.89. The highest BCUT2D eigenvalue weighted by molar-refractivity contribution is 9.08. The lowest BCUT2D eigenvalue weighted by molar-refractivity contribution is 0.468. The molecule has 2 rings (SSSR count). The summed E-state index contributed by atoms with van der Waals surface area (Å²) < 4.78 is 1.65. The maximum Gasteiger partial charge on any atom is 0.362 e. The van der Waals surface area contributed by atoms with Gasteiger partial charge in [-0.25, -0.2) is 4.79 Å². The molecule has 0 spiro atoms. The standard InChI is InChI=1S/C9H6BrN3O3/c10-12-8(15)5-11-13(9(12)16)6-3-1-2-4-7(6)14/h1-5,14H. The maximum atomic E-state index is 11.6. The minimum atomic E-state index is -0.686. The Morgan fingerprint density at radius 1 is 1.25 bits per heavy atom. The first-order chi connectivity index (χ1) is 7.61. The molecule has 0 bridgehead atoms. The van der Waals surface area contributed by atoms with Crippen molar-refractivity contribution in [2.45, 2.75) is 0 Å². The third-order valence-corrected chi connectivity index (χ3v) is 2.59. The van der Waals surface area contributed by atoms with Crippen molar-refractivity contribution in [3.63, 3.8) is 0 Å². The molecule has 0 aliphatic heterocycles. The monoisotopic (exact) mass is 283 g/mol. The molecule has 1 N–H and O–H groups in total. The first-order valence-electron chi connectivity index (χ1n) is 4.27. The summed E-state index contributed by atoms with van der Waals surface area (Å²) in [5.41, 5.74) is -1.05. The molecule has 0 saturated heterocycles. The average molecular weight is 284 g/mol. The van der Waals surface area contributed by atoms with E-state index in [1.54, 1.807) is 12.1 Å². The van der Waals surface area contributed by atoms with Gasteiger partial charge in [0.1, 0.15) is 17.6 Å². The van der Waals surface area contributed by atoms with Crippen LogP contribution in [0.4, 0.5) is 0 Å². The lowest BCUT2D eigenvalue weighted by Crippen LogP contribution is -2.35. The van der Waals surface area contributed by atoms with Crippen LogP contribution < -0.4 is 11.2 Å². The van der Waals surface area contributed by atoms with Gasteiger partial charge in [0, 0.05) is 0 Å². The van der Waals surface area contributed by atoms with E-state index in [1.807, 2.05) is 0 Å². The van der Waals surface area contributed by atoms with Gasteiger partial charge in [0.25, 0.3) is 5.56 Å². The summed E-state index contributed by atoms with van der Waals surface area (Å²) in [5, 5.41) is 13.2. The zero-order valence-corrected chi connectivity index (χ0v) is 9.46. The summed E-state index contributed by atoms with van der Waals surface area (Å²) in [6, 6.07) is 6.20. The molecule has 0 aliphatic rings. The Labute approximate surface area is 97.7 Å². The molecule has 16 heavy (non-hydrogen) atoms. The number of rotatable bonds is 1. The van der Waals surface area contributed by atoms with Crippen molar-refractivity contribution < 1.29 is 5.11 Å². The highest BCUT2D eigenvalue weighted by Crippen LogP contribution is 2.17. The Bertz CT molecular complexity index is 647. The molecule has 82 valence electrons. The van der Waals surface area contributed by atoms with Crippen LogP contribution in [0.5, 0.6) is 5.75 Å². The normalized spacial score (nSPS) is 10.3. The lowest BCUT2D eigenvalue weighted by atomic mass is 10.3. The van der Waals surface area contributed by atoms with Crippen molar-refractivity contribution >= 4 is 16.1 Å². The molecule has 1 aromatic carbocycles. The number of hydrogen-bond acceptors (Lipinski definition) is 4. The fraction of sp³-hybridized carbons (Fsp3) is 0. The third-order valence-electron chi connectivity index (χ3n) is 1.94. The molecule has 0 fully saturated rings. The van der Waals surface area contributed by atoms with Gasteiger partial charge in [-0.3, -0.25) is 4.79 Å². The third kappa shape index (κ3) is 1.65.